The molecule has 0 aromatic carbocycles. The Morgan fingerprint density at radius 3 is 2.84 bits per heavy atom. The van der Waals surface area contributed by atoms with E-state index < -0.39 is 0 Å². The van der Waals surface area contributed by atoms with Crippen LogP contribution in [0.5, 0.6) is 0 Å². The van der Waals surface area contributed by atoms with E-state index in [1.54, 1.807) is 0 Å². The molecule has 1 N–H and O–H groups in total. The van der Waals surface area contributed by atoms with Gasteiger partial charge in [-0.05, 0) is 52.6 Å². The Hall–Kier alpha value is -0.870. The molecule has 4 heteroatoms. The minimum Gasteiger partial charge on any atom is -0.375 e. The van der Waals surface area contributed by atoms with Crippen molar-refractivity contribution in [2.24, 2.45) is 0 Å². The fourth-order valence-electron chi connectivity index (χ4n) is 3.49. The van der Waals surface area contributed by atoms with Gasteiger partial charge in [0, 0.05) is 30.5 Å². The van der Waals surface area contributed by atoms with E-state index in [9.17, 15) is 0 Å². The van der Waals surface area contributed by atoms with Crippen molar-refractivity contribution in [3.05, 3.63) is 18.2 Å². The molecular formula is C15H25N3O. The Kier molecular flexibility index (Phi) is 3.63. The minimum absolute atomic E-state index is 0.00141. The first-order valence-electron chi connectivity index (χ1n) is 7.52. The maximum absolute atomic E-state index is 5.84. The normalized spacial score (nSPS) is 28.4. The molecule has 1 aromatic heterocycles. The number of hydrogen-bond donors (Lipinski definition) is 1. The summed E-state index contributed by atoms with van der Waals surface area (Å²) in [6, 6.07) is 0.552. The van der Waals surface area contributed by atoms with Crippen molar-refractivity contribution in [2.45, 2.75) is 57.1 Å². The van der Waals surface area contributed by atoms with E-state index in [-0.39, 0.29) is 5.60 Å². The van der Waals surface area contributed by atoms with E-state index in [0.29, 0.717) is 12.0 Å². The van der Waals surface area contributed by atoms with E-state index in [1.165, 1.54) is 18.5 Å². The zero-order valence-electron chi connectivity index (χ0n) is 12.1. The zero-order valence-corrected chi connectivity index (χ0v) is 12.1. The van der Waals surface area contributed by atoms with Crippen LogP contribution >= 0.6 is 0 Å². The third kappa shape index (κ3) is 2.84. The molecule has 1 aromatic rings. The van der Waals surface area contributed by atoms with Gasteiger partial charge < -0.3 is 14.6 Å². The van der Waals surface area contributed by atoms with Gasteiger partial charge in [-0.25, -0.2) is 4.98 Å². The standard InChI is InChI=1S/C15H25N3O/c1-15(2)9-13(5-8-19-15)18-11-17-10-14(18)12-3-6-16-7-4-12/h10-13,16H,3-9H2,1-2H3. The second-order valence-corrected chi connectivity index (χ2v) is 6.50. The highest BCUT2D eigenvalue weighted by molar-refractivity contribution is 5.10. The summed E-state index contributed by atoms with van der Waals surface area (Å²) in [7, 11) is 0. The molecule has 0 spiro atoms. The van der Waals surface area contributed by atoms with Gasteiger partial charge in [-0.1, -0.05) is 0 Å². The summed E-state index contributed by atoms with van der Waals surface area (Å²) in [5, 5.41) is 3.44. The SMILES string of the molecule is CC1(C)CC(n2cncc2C2CCNCC2)CCO1. The zero-order chi connectivity index (χ0) is 13.3. The molecule has 106 valence electrons. The molecule has 0 aliphatic carbocycles. The van der Waals surface area contributed by atoms with Gasteiger partial charge in [0.25, 0.3) is 0 Å². The van der Waals surface area contributed by atoms with E-state index >= 15 is 0 Å². The van der Waals surface area contributed by atoms with Crippen molar-refractivity contribution in [3.8, 4) is 0 Å². The van der Waals surface area contributed by atoms with Crippen molar-refractivity contribution < 1.29 is 4.74 Å². The summed E-state index contributed by atoms with van der Waals surface area (Å²) >= 11 is 0. The predicted octanol–water partition coefficient (Wildman–Crippen LogP) is 2.48. The lowest BCUT2D eigenvalue weighted by atomic mass is 9.91. The van der Waals surface area contributed by atoms with Crippen molar-refractivity contribution >= 4 is 0 Å². The molecular weight excluding hydrogens is 238 g/mol. The molecule has 2 aliphatic heterocycles. The lowest BCUT2D eigenvalue weighted by Crippen LogP contribution is -2.36. The average molecular weight is 263 g/mol. The molecule has 3 rings (SSSR count). The fourth-order valence-corrected chi connectivity index (χ4v) is 3.49. The molecule has 4 nitrogen and oxygen atoms in total. The van der Waals surface area contributed by atoms with Crippen LogP contribution in [0.3, 0.4) is 0 Å². The molecule has 2 aliphatic rings. The predicted molar refractivity (Wildman–Crippen MR) is 75.4 cm³/mol. The van der Waals surface area contributed by atoms with Crippen LogP contribution in [-0.4, -0.2) is 34.8 Å². The quantitative estimate of drug-likeness (QED) is 0.891. The van der Waals surface area contributed by atoms with Crippen LogP contribution in [0, 0.1) is 0 Å². The maximum Gasteiger partial charge on any atom is 0.0950 e. The Balaban J connectivity index is 1.79. The van der Waals surface area contributed by atoms with Crippen LogP contribution in [0.15, 0.2) is 12.5 Å². The number of hydrogen-bond acceptors (Lipinski definition) is 3. The maximum atomic E-state index is 5.84. The van der Waals surface area contributed by atoms with Crippen LogP contribution in [-0.2, 0) is 4.74 Å². The second-order valence-electron chi connectivity index (χ2n) is 6.50. The summed E-state index contributed by atoms with van der Waals surface area (Å²) in [5.74, 6) is 0.676. The fraction of sp³-hybridized carbons (Fsp3) is 0.800. The second kappa shape index (κ2) is 5.25. The molecule has 19 heavy (non-hydrogen) atoms. The Morgan fingerprint density at radius 2 is 2.11 bits per heavy atom. The van der Waals surface area contributed by atoms with Crippen molar-refractivity contribution in [3.63, 3.8) is 0 Å². The molecule has 1 unspecified atom stereocenters. The molecule has 3 heterocycles. The summed E-state index contributed by atoms with van der Waals surface area (Å²) in [6.07, 6.45) is 8.78. The summed E-state index contributed by atoms with van der Waals surface area (Å²) in [6.45, 7) is 7.52. The van der Waals surface area contributed by atoms with Crippen LogP contribution in [0.1, 0.15) is 57.2 Å². The van der Waals surface area contributed by atoms with Gasteiger partial charge in [0.2, 0.25) is 0 Å². The summed E-state index contributed by atoms with van der Waals surface area (Å²) in [5.41, 5.74) is 1.43. The van der Waals surface area contributed by atoms with E-state index in [1.807, 2.05) is 6.33 Å². The number of nitrogens with zero attached hydrogens (tertiary/aromatic N) is 2. The summed E-state index contributed by atoms with van der Waals surface area (Å²) in [4.78, 5) is 4.42. The number of ether oxygens (including phenoxy) is 1. The van der Waals surface area contributed by atoms with Gasteiger partial charge in [0.05, 0.1) is 11.9 Å². The largest absolute Gasteiger partial charge is 0.375 e. The highest BCUT2D eigenvalue weighted by Crippen LogP contribution is 2.35. The lowest BCUT2D eigenvalue weighted by molar-refractivity contribution is -0.0695. The smallest absolute Gasteiger partial charge is 0.0950 e. The molecule has 1 atom stereocenters. The summed E-state index contributed by atoms with van der Waals surface area (Å²) < 4.78 is 8.27. The van der Waals surface area contributed by atoms with Gasteiger partial charge in [-0.15, -0.1) is 0 Å². The van der Waals surface area contributed by atoms with Gasteiger partial charge >= 0.3 is 0 Å². The highest BCUT2D eigenvalue weighted by Gasteiger charge is 2.31. The Morgan fingerprint density at radius 1 is 1.32 bits per heavy atom. The van der Waals surface area contributed by atoms with Crippen LogP contribution in [0.25, 0.3) is 0 Å². The lowest BCUT2D eigenvalue weighted by Gasteiger charge is -2.37. The molecule has 2 saturated heterocycles. The van der Waals surface area contributed by atoms with Crippen molar-refractivity contribution in [2.75, 3.05) is 19.7 Å². The Labute approximate surface area is 115 Å². The van der Waals surface area contributed by atoms with Gasteiger partial charge in [0.1, 0.15) is 0 Å². The number of piperidine rings is 1. The number of aromatic nitrogens is 2. The Bertz CT molecular complexity index is 421. The number of nitrogens with one attached hydrogen (secondary N) is 1. The highest BCUT2D eigenvalue weighted by atomic mass is 16.5. The molecule has 0 radical (unpaired) electrons. The first-order chi connectivity index (χ1) is 9.16. The van der Waals surface area contributed by atoms with Gasteiger partial charge in [-0.2, -0.15) is 0 Å². The van der Waals surface area contributed by atoms with Crippen molar-refractivity contribution in [1.82, 2.24) is 14.9 Å². The molecule has 0 bridgehead atoms. The van der Waals surface area contributed by atoms with Gasteiger partial charge in [0.15, 0.2) is 0 Å². The minimum atomic E-state index is -0.00141. The van der Waals surface area contributed by atoms with Crippen molar-refractivity contribution in [1.29, 1.82) is 0 Å². The van der Waals surface area contributed by atoms with Crippen LogP contribution < -0.4 is 5.32 Å². The molecule has 2 fully saturated rings. The first kappa shape index (κ1) is 13.1. The third-order valence-electron chi connectivity index (χ3n) is 4.52. The topological polar surface area (TPSA) is 39.1 Å². The third-order valence-corrected chi connectivity index (χ3v) is 4.52. The monoisotopic (exact) mass is 263 g/mol. The van der Waals surface area contributed by atoms with Crippen LogP contribution in [0.4, 0.5) is 0 Å². The number of imidazole rings is 1. The van der Waals surface area contributed by atoms with Gasteiger partial charge in [-0.3, -0.25) is 0 Å². The van der Waals surface area contributed by atoms with E-state index in [0.717, 1.165) is 32.5 Å². The average Bonchev–Trinajstić information content (AvgIpc) is 2.88. The van der Waals surface area contributed by atoms with Crippen LogP contribution in [0.2, 0.25) is 0 Å². The molecule has 0 amide bonds. The first-order valence-corrected chi connectivity index (χ1v) is 7.52. The number of rotatable bonds is 2. The van der Waals surface area contributed by atoms with E-state index in [4.69, 9.17) is 4.74 Å². The molecule has 0 saturated carbocycles. The van der Waals surface area contributed by atoms with E-state index in [2.05, 4.69) is 34.9 Å².